The van der Waals surface area contributed by atoms with Gasteiger partial charge >= 0.3 is 6.18 Å². The van der Waals surface area contributed by atoms with Crippen molar-refractivity contribution in [1.82, 2.24) is 4.90 Å². The molecule has 0 aromatic heterocycles. The molecule has 0 radical (unpaired) electrons. The van der Waals surface area contributed by atoms with Crippen molar-refractivity contribution < 1.29 is 37.0 Å². The van der Waals surface area contributed by atoms with Gasteiger partial charge in [0, 0.05) is 5.02 Å². The monoisotopic (exact) mass is 610 g/mol. The molecule has 0 saturated carbocycles. The summed E-state index contributed by atoms with van der Waals surface area (Å²) in [4.78, 5) is 38.6. The largest absolute Gasteiger partial charge is 0.495 e. The fraction of sp³-hybridized carbons (Fsp3) is 0.148. The summed E-state index contributed by atoms with van der Waals surface area (Å²) in [5.74, 6) is -1.23. The van der Waals surface area contributed by atoms with Gasteiger partial charge < -0.3 is 14.8 Å². The van der Waals surface area contributed by atoms with Crippen molar-refractivity contribution in [3.63, 3.8) is 0 Å². The molecule has 3 aromatic carbocycles. The summed E-state index contributed by atoms with van der Waals surface area (Å²) >= 11 is 12.8. The Morgan fingerprint density at radius 3 is 2.38 bits per heavy atom. The number of nitrogens with one attached hydrogen (secondary N) is 1. The van der Waals surface area contributed by atoms with E-state index < -0.39 is 35.3 Å². The first-order valence-electron chi connectivity index (χ1n) is 11.4. The first-order chi connectivity index (χ1) is 18.9. The van der Waals surface area contributed by atoms with Crippen molar-refractivity contribution in [2.75, 3.05) is 19.0 Å². The van der Waals surface area contributed by atoms with Crippen molar-refractivity contribution in [2.45, 2.75) is 12.8 Å². The van der Waals surface area contributed by atoms with E-state index in [2.05, 4.69) is 5.32 Å². The summed E-state index contributed by atoms with van der Waals surface area (Å²) in [6.45, 7) is -0.455. The van der Waals surface area contributed by atoms with Crippen molar-refractivity contribution in [1.29, 1.82) is 0 Å². The van der Waals surface area contributed by atoms with Crippen molar-refractivity contribution in [3.05, 3.63) is 92.3 Å². The van der Waals surface area contributed by atoms with Crippen LogP contribution in [0.25, 0.3) is 6.08 Å². The predicted octanol–water partition coefficient (Wildman–Crippen LogP) is 7.27. The molecule has 0 atom stereocenters. The molecule has 0 unspecified atom stereocenters. The molecule has 1 heterocycles. The van der Waals surface area contributed by atoms with Gasteiger partial charge in [-0.25, -0.2) is 0 Å². The summed E-state index contributed by atoms with van der Waals surface area (Å²) in [5.41, 5.74) is 0.136. The average Bonchev–Trinajstić information content (AvgIpc) is 3.15. The Bertz CT molecular complexity index is 1500. The van der Waals surface area contributed by atoms with Gasteiger partial charge in [-0.2, -0.15) is 13.2 Å². The maximum atomic E-state index is 13.1. The van der Waals surface area contributed by atoms with Crippen LogP contribution >= 0.6 is 35.0 Å². The summed E-state index contributed by atoms with van der Waals surface area (Å²) < 4.78 is 50.0. The van der Waals surface area contributed by atoms with Gasteiger partial charge in [0.1, 0.15) is 24.7 Å². The highest BCUT2D eigenvalue weighted by Crippen LogP contribution is 2.36. The number of halogens is 5. The lowest BCUT2D eigenvalue weighted by molar-refractivity contribution is -0.137. The third-order valence-corrected chi connectivity index (χ3v) is 6.99. The van der Waals surface area contributed by atoms with Crippen LogP contribution in [0.1, 0.15) is 16.7 Å². The van der Waals surface area contributed by atoms with E-state index in [0.717, 1.165) is 17.7 Å². The fourth-order valence-electron chi connectivity index (χ4n) is 3.57. The summed E-state index contributed by atoms with van der Waals surface area (Å²) in [5, 5.41) is 2.44. The van der Waals surface area contributed by atoms with Gasteiger partial charge in [-0.05, 0) is 71.4 Å². The number of alkyl halides is 3. The Balaban J connectivity index is 1.42. The number of anilines is 1. The second kappa shape index (κ2) is 12.2. The van der Waals surface area contributed by atoms with E-state index in [1.54, 1.807) is 30.3 Å². The number of hydrogen-bond acceptors (Lipinski definition) is 6. The minimum Gasteiger partial charge on any atom is -0.495 e. The van der Waals surface area contributed by atoms with E-state index in [1.165, 1.54) is 13.2 Å². The van der Waals surface area contributed by atoms with Gasteiger partial charge in [-0.1, -0.05) is 41.4 Å². The number of amides is 3. The first kappa shape index (κ1) is 29.3. The lowest BCUT2D eigenvalue weighted by Crippen LogP contribution is -2.36. The number of thioether (sulfide) groups is 1. The molecule has 0 bridgehead atoms. The zero-order chi connectivity index (χ0) is 29.0. The number of ether oxygens (including phenoxy) is 2. The maximum absolute atomic E-state index is 13.1. The Morgan fingerprint density at radius 2 is 1.73 bits per heavy atom. The second-order valence-electron chi connectivity index (χ2n) is 8.33. The molecule has 1 saturated heterocycles. The second-order valence-corrected chi connectivity index (χ2v) is 10.2. The molecule has 40 heavy (non-hydrogen) atoms. The van der Waals surface area contributed by atoms with E-state index >= 15 is 0 Å². The lowest BCUT2D eigenvalue weighted by atomic mass is 10.1. The average molecular weight is 611 g/mol. The molecule has 7 nitrogen and oxygen atoms in total. The molecule has 3 amide bonds. The van der Waals surface area contributed by atoms with Gasteiger partial charge in [-0.3, -0.25) is 19.3 Å². The SMILES string of the molecule is COc1ccc(C(F)(F)F)cc1NC(=O)CN1C(=O)S/C(=C\c2ccc(OCc3ccc(Cl)cc3)c(Cl)c2)C1=O. The van der Waals surface area contributed by atoms with Crippen molar-refractivity contribution >= 4 is 63.8 Å². The predicted molar refractivity (Wildman–Crippen MR) is 147 cm³/mol. The summed E-state index contributed by atoms with van der Waals surface area (Å²) in [6, 6.07) is 14.5. The number of rotatable bonds is 8. The topological polar surface area (TPSA) is 84.9 Å². The number of carbonyl (C=O) groups is 3. The molecule has 0 spiro atoms. The van der Waals surface area contributed by atoms with Crippen LogP contribution in [0.3, 0.4) is 0 Å². The Kier molecular flexibility index (Phi) is 8.97. The minimum atomic E-state index is -4.65. The van der Waals surface area contributed by atoms with Crippen LogP contribution in [0.15, 0.2) is 65.6 Å². The molecule has 1 N–H and O–H groups in total. The molecular weight excluding hydrogens is 592 g/mol. The summed E-state index contributed by atoms with van der Waals surface area (Å²) in [7, 11) is 1.23. The van der Waals surface area contributed by atoms with Crippen LogP contribution < -0.4 is 14.8 Å². The number of methoxy groups -OCH3 is 1. The highest BCUT2D eigenvalue weighted by molar-refractivity contribution is 8.18. The Labute approximate surface area is 240 Å². The minimum absolute atomic E-state index is 0.0205. The van der Waals surface area contributed by atoms with Crippen molar-refractivity contribution in [2.24, 2.45) is 0 Å². The third-order valence-electron chi connectivity index (χ3n) is 5.54. The van der Waals surface area contributed by atoms with Gasteiger partial charge in [-0.15, -0.1) is 0 Å². The number of hydrogen-bond donors (Lipinski definition) is 1. The van der Waals surface area contributed by atoms with E-state index in [9.17, 15) is 27.6 Å². The molecule has 1 fully saturated rings. The number of carbonyl (C=O) groups excluding carboxylic acids is 3. The molecule has 1 aliphatic rings. The van der Waals surface area contributed by atoms with Crippen LogP contribution in [0, 0.1) is 0 Å². The molecule has 0 aliphatic carbocycles. The normalized spacial score (nSPS) is 14.6. The number of imide groups is 1. The molecular formula is C27H19Cl2F3N2O5S. The van der Waals surface area contributed by atoms with Crippen molar-refractivity contribution in [3.8, 4) is 11.5 Å². The smallest absolute Gasteiger partial charge is 0.416 e. The lowest BCUT2D eigenvalue weighted by Gasteiger charge is -2.16. The maximum Gasteiger partial charge on any atom is 0.416 e. The molecule has 3 aromatic rings. The van der Waals surface area contributed by atoms with Gasteiger partial charge in [0.25, 0.3) is 11.1 Å². The van der Waals surface area contributed by atoms with Gasteiger partial charge in [0.15, 0.2) is 0 Å². The highest BCUT2D eigenvalue weighted by Gasteiger charge is 2.37. The van der Waals surface area contributed by atoms with Crippen LogP contribution in [0.5, 0.6) is 11.5 Å². The van der Waals surface area contributed by atoms with Gasteiger partial charge in [0.2, 0.25) is 5.91 Å². The molecule has 4 rings (SSSR count). The molecule has 13 heteroatoms. The van der Waals surface area contributed by atoms with Crippen LogP contribution in [-0.4, -0.2) is 35.6 Å². The van der Waals surface area contributed by atoms with E-state index in [1.807, 2.05) is 12.1 Å². The quantitative estimate of drug-likeness (QED) is 0.270. The highest BCUT2D eigenvalue weighted by atomic mass is 35.5. The number of nitrogens with zero attached hydrogens (tertiary/aromatic N) is 1. The summed E-state index contributed by atoms with van der Waals surface area (Å²) in [6.07, 6.45) is -3.21. The number of benzene rings is 3. The van der Waals surface area contributed by atoms with Gasteiger partial charge in [0.05, 0.1) is 28.3 Å². The van der Waals surface area contributed by atoms with Crippen LogP contribution in [0.4, 0.5) is 23.7 Å². The zero-order valence-corrected chi connectivity index (χ0v) is 22.9. The van der Waals surface area contributed by atoms with E-state index in [0.29, 0.717) is 39.1 Å². The molecule has 1 aliphatic heterocycles. The van der Waals surface area contributed by atoms with Crippen LogP contribution in [0.2, 0.25) is 10.0 Å². The van der Waals surface area contributed by atoms with E-state index in [-0.39, 0.29) is 28.0 Å². The van der Waals surface area contributed by atoms with E-state index in [4.69, 9.17) is 32.7 Å². The fourth-order valence-corrected chi connectivity index (χ4v) is 4.78. The zero-order valence-electron chi connectivity index (χ0n) is 20.6. The standard InChI is InChI=1S/C27H19Cl2F3N2O5S/c1-38-22-9-5-17(27(30,31)32)12-20(22)33-24(35)13-34-25(36)23(40-26(34)37)11-16-4-8-21(19(29)10-16)39-14-15-2-6-18(28)7-3-15/h2-12H,13-14H2,1H3,(H,33,35)/b23-11-. The first-order valence-corrected chi connectivity index (χ1v) is 13.0. The molecule has 208 valence electrons. The Morgan fingerprint density at radius 1 is 1.02 bits per heavy atom. The third kappa shape index (κ3) is 7.09. The van der Waals surface area contributed by atoms with Crippen LogP contribution in [-0.2, 0) is 22.4 Å². The Hall–Kier alpha value is -3.67.